The molecule has 15 heteroatoms. The van der Waals surface area contributed by atoms with Crippen LogP contribution in [-0.4, -0.2) is 90.9 Å². The van der Waals surface area contributed by atoms with Crippen LogP contribution < -0.4 is 5.73 Å². The Hall–Kier alpha value is -2.98. The van der Waals surface area contributed by atoms with Crippen LogP contribution in [0.4, 0.5) is 13.2 Å². The van der Waals surface area contributed by atoms with Gasteiger partial charge < -0.3 is 20.6 Å². The first-order valence-electron chi connectivity index (χ1n) is 14.3. The minimum Gasteiger partial charge on any atom is -0.475 e. The number of aliphatic carboxylic acids is 1. The molecule has 0 radical (unpaired) electrons. The van der Waals surface area contributed by atoms with Crippen molar-refractivity contribution in [2.24, 2.45) is 5.73 Å². The van der Waals surface area contributed by atoms with Crippen LogP contribution in [0.5, 0.6) is 0 Å². The van der Waals surface area contributed by atoms with Crippen molar-refractivity contribution in [3.63, 3.8) is 0 Å². The first-order valence-corrected chi connectivity index (χ1v) is 16.8. The molecule has 10 nitrogen and oxygen atoms in total. The van der Waals surface area contributed by atoms with E-state index >= 15 is 0 Å². The average molecular weight is 659 g/mol. The number of likely N-dealkylation sites (tertiary alicyclic amines) is 1. The van der Waals surface area contributed by atoms with Crippen molar-refractivity contribution in [1.82, 2.24) is 14.2 Å². The van der Waals surface area contributed by atoms with Crippen molar-refractivity contribution in [2.45, 2.75) is 57.3 Å². The number of amides is 1. The number of ether oxygens (including phenoxy) is 1. The highest BCUT2D eigenvalue weighted by molar-refractivity contribution is 7.89. The van der Waals surface area contributed by atoms with Gasteiger partial charge in [0, 0.05) is 49.2 Å². The van der Waals surface area contributed by atoms with Gasteiger partial charge in [0.1, 0.15) is 0 Å². The number of carbonyl (C=O) groups excluding carboxylic acids is 1. The number of benzene rings is 1. The number of rotatable bonds is 9. The number of hydrogen-bond acceptors (Lipinski definition) is 7. The van der Waals surface area contributed by atoms with Crippen LogP contribution in [0.3, 0.4) is 0 Å². The Morgan fingerprint density at radius 1 is 1.14 bits per heavy atom. The van der Waals surface area contributed by atoms with Gasteiger partial charge in [0.05, 0.1) is 23.4 Å². The average Bonchev–Trinajstić information content (AvgIpc) is 3.73. The molecule has 4 N–H and O–H groups in total. The summed E-state index contributed by atoms with van der Waals surface area (Å²) in [6.07, 6.45) is 0.763. The maximum atomic E-state index is 12.4. The highest BCUT2D eigenvalue weighted by atomic mass is 32.2. The smallest absolute Gasteiger partial charge is 0.475 e. The molecule has 2 aliphatic heterocycles. The van der Waals surface area contributed by atoms with Gasteiger partial charge in [0.15, 0.2) is 0 Å². The summed E-state index contributed by atoms with van der Waals surface area (Å²) in [5.41, 5.74) is 10.2. The zero-order chi connectivity index (χ0) is 32.2. The summed E-state index contributed by atoms with van der Waals surface area (Å²) in [5.74, 6) is -2.87. The summed E-state index contributed by atoms with van der Waals surface area (Å²) < 4.78 is 63.4. The van der Waals surface area contributed by atoms with E-state index in [4.69, 9.17) is 20.4 Å². The van der Waals surface area contributed by atoms with Crippen molar-refractivity contribution in [2.75, 3.05) is 39.1 Å². The summed E-state index contributed by atoms with van der Waals surface area (Å²) in [5, 5.41) is 10.3. The number of thiophene rings is 1. The lowest BCUT2D eigenvalue weighted by atomic mass is 9.88. The number of aromatic nitrogens is 1. The first-order chi connectivity index (χ1) is 20.7. The third-order valence-corrected chi connectivity index (χ3v) is 11.0. The minimum atomic E-state index is -5.08. The second-order valence-corrected chi connectivity index (χ2v) is 14.2. The molecule has 3 aromatic rings. The summed E-state index contributed by atoms with van der Waals surface area (Å²) in [7, 11) is -1.41. The highest BCUT2D eigenvalue weighted by Crippen LogP contribution is 2.38. The van der Waals surface area contributed by atoms with Gasteiger partial charge in [-0.2, -0.15) is 13.2 Å². The van der Waals surface area contributed by atoms with Crippen molar-refractivity contribution in [3.8, 4) is 11.1 Å². The number of hydrogen-bond donors (Lipinski definition) is 3. The van der Waals surface area contributed by atoms with Crippen molar-refractivity contribution >= 4 is 44.1 Å². The third-order valence-electron chi connectivity index (χ3n) is 8.19. The number of methoxy groups -OCH3 is 1. The predicted octanol–water partition coefficient (Wildman–Crippen LogP) is 4.77. The fraction of sp³-hybridized carbons (Fsp3) is 0.517. The number of fused-ring (bicyclic) bond motifs is 1. The number of carbonyl (C=O) groups is 2. The summed E-state index contributed by atoms with van der Waals surface area (Å²) in [4.78, 5) is 28.4. The molecule has 1 amide bonds. The van der Waals surface area contributed by atoms with Gasteiger partial charge in [-0.25, -0.2) is 17.5 Å². The topological polar surface area (TPSA) is 146 Å². The largest absolute Gasteiger partial charge is 0.490 e. The van der Waals surface area contributed by atoms with Crippen LogP contribution in [-0.2, 0) is 26.1 Å². The molecule has 0 aliphatic carbocycles. The van der Waals surface area contributed by atoms with E-state index in [2.05, 4.69) is 27.4 Å². The van der Waals surface area contributed by atoms with Gasteiger partial charge in [-0.05, 0) is 85.3 Å². The lowest BCUT2D eigenvalue weighted by molar-refractivity contribution is -0.192. The lowest BCUT2D eigenvalue weighted by Gasteiger charge is -2.31. The van der Waals surface area contributed by atoms with E-state index in [1.54, 1.807) is 29.7 Å². The van der Waals surface area contributed by atoms with Gasteiger partial charge in [-0.15, -0.1) is 11.3 Å². The third kappa shape index (κ3) is 7.80. The van der Waals surface area contributed by atoms with Crippen LogP contribution in [0.25, 0.3) is 22.0 Å². The van der Waals surface area contributed by atoms with Crippen LogP contribution in [0, 0.1) is 0 Å². The molecule has 0 bridgehead atoms. The van der Waals surface area contributed by atoms with Crippen molar-refractivity contribution < 1.29 is 41.0 Å². The molecule has 2 aromatic heterocycles. The van der Waals surface area contributed by atoms with Crippen LogP contribution in [0.1, 0.15) is 59.3 Å². The molecule has 4 heterocycles. The summed E-state index contributed by atoms with van der Waals surface area (Å²) >= 11 is 1.74. The Kier molecular flexibility index (Phi) is 10.8. The highest BCUT2D eigenvalue weighted by Gasteiger charge is 2.38. The molecule has 2 aliphatic rings. The number of sulfonamides is 1. The van der Waals surface area contributed by atoms with E-state index in [0.717, 1.165) is 60.1 Å². The Morgan fingerprint density at radius 3 is 2.41 bits per heavy atom. The number of halogens is 3. The number of nitrogens with zero attached hydrogens (tertiary/aromatic N) is 2. The van der Waals surface area contributed by atoms with E-state index < -0.39 is 28.1 Å². The van der Waals surface area contributed by atoms with E-state index in [9.17, 15) is 26.4 Å². The van der Waals surface area contributed by atoms with Gasteiger partial charge in [0.2, 0.25) is 10.0 Å². The molecule has 242 valence electrons. The number of carboxylic acids is 1. The molecule has 2 fully saturated rings. The zero-order valence-corrected chi connectivity index (χ0v) is 26.2. The number of nitrogens with two attached hydrogens (primary N) is 1. The first kappa shape index (κ1) is 33.9. The number of primary amides is 1. The fourth-order valence-corrected chi connectivity index (χ4v) is 7.93. The quantitative estimate of drug-likeness (QED) is 0.300. The van der Waals surface area contributed by atoms with Gasteiger partial charge in [-0.1, -0.05) is 0 Å². The van der Waals surface area contributed by atoms with Gasteiger partial charge in [-0.3, -0.25) is 9.69 Å². The van der Waals surface area contributed by atoms with Crippen molar-refractivity contribution in [3.05, 3.63) is 45.8 Å². The second kappa shape index (κ2) is 14.0. The number of nitrogens with one attached hydrogen (secondary N) is 1. The molecule has 2 saturated heterocycles. The number of H-pyrrole nitrogens is 1. The molecular weight excluding hydrogens is 621 g/mol. The van der Waals surface area contributed by atoms with Crippen LogP contribution in [0.15, 0.2) is 29.8 Å². The van der Waals surface area contributed by atoms with E-state index in [0.29, 0.717) is 24.7 Å². The van der Waals surface area contributed by atoms with Crippen LogP contribution in [0.2, 0.25) is 0 Å². The lowest BCUT2D eigenvalue weighted by Crippen LogP contribution is -2.38. The van der Waals surface area contributed by atoms with E-state index in [1.807, 2.05) is 12.3 Å². The second-order valence-electron chi connectivity index (χ2n) is 11.0. The standard InChI is InChI=1S/C27H36N4O4S2.C2HF3O2/c1-3-37(33,34)31-9-6-18(7-10-31)25-14-29-26-23(25)12-19(13-24(26)27(28)32)20-11-22(36-17-20)15-30-8-4-5-21(30)16-35-2;3-2(4,5)1(6)7/h11-14,17-18,21,29H,3-10,15-16H2,1-2H3,(H2,28,32);(H,6,7)/t21-;/m0./s1. The Labute approximate surface area is 258 Å². The van der Waals surface area contributed by atoms with Crippen LogP contribution >= 0.6 is 11.3 Å². The molecule has 0 saturated carbocycles. The van der Waals surface area contributed by atoms with Crippen molar-refractivity contribution in [1.29, 1.82) is 0 Å². The zero-order valence-electron chi connectivity index (χ0n) is 24.5. The van der Waals surface area contributed by atoms with Gasteiger partial charge in [0.25, 0.3) is 5.91 Å². The number of piperidine rings is 1. The number of aromatic amines is 1. The molecule has 1 aromatic carbocycles. The van der Waals surface area contributed by atoms with Gasteiger partial charge >= 0.3 is 12.1 Å². The Balaban J connectivity index is 0.000000566. The number of carboxylic acid groups (broad SMARTS) is 1. The summed E-state index contributed by atoms with van der Waals surface area (Å²) in [6, 6.07) is 6.73. The SMILES string of the molecule is CCS(=O)(=O)N1CCC(c2c[nH]c3c(C(N)=O)cc(-c4csc(CN5CCC[C@H]5COC)c4)cc23)CC1.O=C(O)C(F)(F)F. The Bertz CT molecular complexity index is 1580. The van der Waals surface area contributed by atoms with E-state index in [1.165, 1.54) is 17.7 Å². The summed E-state index contributed by atoms with van der Waals surface area (Å²) in [6.45, 7) is 5.47. The maximum Gasteiger partial charge on any atom is 0.490 e. The molecule has 1 atom stereocenters. The monoisotopic (exact) mass is 658 g/mol. The maximum absolute atomic E-state index is 12.4. The predicted molar refractivity (Wildman–Crippen MR) is 162 cm³/mol. The Morgan fingerprint density at radius 2 is 1.82 bits per heavy atom. The molecule has 44 heavy (non-hydrogen) atoms. The normalized spacial score (nSPS) is 18.8. The number of alkyl halides is 3. The van der Waals surface area contributed by atoms with E-state index in [-0.39, 0.29) is 11.7 Å². The minimum absolute atomic E-state index is 0.128. The molecule has 5 rings (SSSR count). The fourth-order valence-electron chi connectivity index (χ4n) is 5.88. The molecule has 0 unspecified atom stereocenters. The molecule has 0 spiro atoms. The molecular formula is C29H37F3N4O6S2.